The highest BCUT2D eigenvalue weighted by Gasteiger charge is 2.14. The van der Waals surface area contributed by atoms with E-state index in [0.717, 1.165) is 0 Å². The summed E-state index contributed by atoms with van der Waals surface area (Å²) >= 11 is 5.82. The van der Waals surface area contributed by atoms with Crippen LogP contribution in [-0.4, -0.2) is 5.91 Å². The molecule has 0 aliphatic carbocycles. The van der Waals surface area contributed by atoms with Crippen molar-refractivity contribution in [1.29, 1.82) is 0 Å². The molecule has 0 saturated carbocycles. The predicted octanol–water partition coefficient (Wildman–Crippen LogP) is 1.77. The zero-order valence-corrected chi connectivity index (χ0v) is 7.84. The minimum Gasteiger partial charge on any atom is -0.463 e. The number of carbonyl (C=O) groups excluding carboxylic acids is 1. The summed E-state index contributed by atoms with van der Waals surface area (Å²) in [6.45, 7) is 0. The third-order valence-corrected chi connectivity index (χ3v) is 2.31. The van der Waals surface area contributed by atoms with Crippen molar-refractivity contribution in [2.75, 3.05) is 5.73 Å². The molecule has 0 aliphatic rings. The first-order chi connectivity index (χ1) is 6.61. The number of amides is 1. The molecule has 72 valence electrons. The van der Waals surface area contributed by atoms with Gasteiger partial charge in [0.1, 0.15) is 5.58 Å². The molecule has 0 unspecified atom stereocenters. The Balaban J connectivity index is 2.91. The summed E-state index contributed by atoms with van der Waals surface area (Å²) in [5.74, 6) is -0.591. The van der Waals surface area contributed by atoms with E-state index >= 15 is 0 Å². The molecular formula is C9H7ClN2O2. The molecule has 1 amide bonds. The van der Waals surface area contributed by atoms with Gasteiger partial charge in [-0.1, -0.05) is 11.6 Å². The lowest BCUT2D eigenvalue weighted by molar-refractivity contribution is 0.100. The Labute approximate surface area is 84.4 Å². The number of nitrogen functional groups attached to an aromatic ring is 1. The van der Waals surface area contributed by atoms with Crippen LogP contribution in [0.4, 0.5) is 5.69 Å². The lowest BCUT2D eigenvalue weighted by atomic mass is 10.1. The molecule has 0 spiro atoms. The largest absolute Gasteiger partial charge is 0.463 e. The number of benzene rings is 1. The molecule has 14 heavy (non-hydrogen) atoms. The molecule has 0 fully saturated rings. The fourth-order valence-electron chi connectivity index (χ4n) is 1.31. The monoisotopic (exact) mass is 210 g/mol. The van der Waals surface area contributed by atoms with Crippen LogP contribution in [0.1, 0.15) is 10.4 Å². The van der Waals surface area contributed by atoms with Gasteiger partial charge in [-0.25, -0.2) is 0 Å². The summed E-state index contributed by atoms with van der Waals surface area (Å²) in [6.07, 6.45) is 1.43. The first kappa shape index (κ1) is 8.90. The SMILES string of the molecule is NC(=O)c1cc(Cl)c(N)c2ccoc12. The molecule has 2 rings (SSSR count). The quantitative estimate of drug-likeness (QED) is 0.704. The lowest BCUT2D eigenvalue weighted by Gasteiger charge is -2.02. The Morgan fingerprint density at radius 1 is 1.50 bits per heavy atom. The van der Waals surface area contributed by atoms with E-state index in [1.54, 1.807) is 6.07 Å². The van der Waals surface area contributed by atoms with Gasteiger partial charge in [0.15, 0.2) is 0 Å². The van der Waals surface area contributed by atoms with Gasteiger partial charge < -0.3 is 15.9 Å². The molecule has 5 heteroatoms. The van der Waals surface area contributed by atoms with E-state index in [1.807, 2.05) is 0 Å². The van der Waals surface area contributed by atoms with Gasteiger partial charge in [-0.15, -0.1) is 0 Å². The zero-order chi connectivity index (χ0) is 10.3. The van der Waals surface area contributed by atoms with Crippen LogP contribution in [0, 0.1) is 0 Å². The van der Waals surface area contributed by atoms with Crippen LogP contribution in [0.3, 0.4) is 0 Å². The van der Waals surface area contributed by atoms with Crippen molar-refractivity contribution < 1.29 is 9.21 Å². The first-order valence-corrected chi connectivity index (χ1v) is 4.24. The van der Waals surface area contributed by atoms with E-state index in [-0.39, 0.29) is 5.56 Å². The molecule has 0 aliphatic heterocycles. The van der Waals surface area contributed by atoms with Gasteiger partial charge in [-0.2, -0.15) is 0 Å². The summed E-state index contributed by atoms with van der Waals surface area (Å²) in [7, 11) is 0. The molecule has 0 bridgehead atoms. The molecule has 4 nitrogen and oxygen atoms in total. The van der Waals surface area contributed by atoms with Gasteiger partial charge in [0.25, 0.3) is 5.91 Å². The van der Waals surface area contributed by atoms with Crippen LogP contribution < -0.4 is 11.5 Å². The highest BCUT2D eigenvalue weighted by atomic mass is 35.5. The van der Waals surface area contributed by atoms with E-state index in [1.165, 1.54) is 12.3 Å². The Kier molecular flexibility index (Phi) is 1.86. The molecule has 0 radical (unpaired) electrons. The number of hydrogen-bond donors (Lipinski definition) is 2. The second kappa shape index (κ2) is 2.92. The first-order valence-electron chi connectivity index (χ1n) is 3.86. The van der Waals surface area contributed by atoms with E-state index in [4.69, 9.17) is 27.5 Å². The summed E-state index contributed by atoms with van der Waals surface area (Å²) in [5.41, 5.74) is 11.9. The minimum absolute atomic E-state index is 0.240. The minimum atomic E-state index is -0.591. The Hall–Kier alpha value is -1.68. The Morgan fingerprint density at radius 3 is 2.86 bits per heavy atom. The average molecular weight is 211 g/mol. The zero-order valence-electron chi connectivity index (χ0n) is 7.08. The molecule has 0 saturated heterocycles. The van der Waals surface area contributed by atoms with Crippen molar-refractivity contribution in [2.45, 2.75) is 0 Å². The number of hydrogen-bond acceptors (Lipinski definition) is 3. The van der Waals surface area contributed by atoms with Crippen LogP contribution in [0.25, 0.3) is 11.0 Å². The molecule has 1 aromatic carbocycles. The third kappa shape index (κ3) is 1.12. The standard InChI is InChI=1S/C9H7ClN2O2/c10-6-3-5(9(12)13)8-4(7(6)11)1-2-14-8/h1-3H,11H2,(H2,12,13). The Bertz CT molecular complexity index is 519. The highest BCUT2D eigenvalue weighted by molar-refractivity contribution is 6.35. The fraction of sp³-hybridized carbons (Fsp3) is 0. The van der Waals surface area contributed by atoms with Gasteiger partial charge in [-0.05, 0) is 12.1 Å². The lowest BCUT2D eigenvalue weighted by Crippen LogP contribution is -2.11. The molecular weight excluding hydrogens is 204 g/mol. The second-order valence-corrected chi connectivity index (χ2v) is 3.25. The number of nitrogens with two attached hydrogens (primary N) is 2. The third-order valence-electron chi connectivity index (χ3n) is 1.99. The maximum atomic E-state index is 11.0. The van der Waals surface area contributed by atoms with Crippen LogP contribution in [0.5, 0.6) is 0 Å². The summed E-state index contributed by atoms with van der Waals surface area (Å²) < 4.78 is 5.11. The summed E-state index contributed by atoms with van der Waals surface area (Å²) in [4.78, 5) is 11.0. The average Bonchev–Trinajstić information content (AvgIpc) is 2.59. The second-order valence-electron chi connectivity index (χ2n) is 2.85. The molecule has 4 N–H and O–H groups in total. The number of fused-ring (bicyclic) bond motifs is 1. The summed E-state index contributed by atoms with van der Waals surface area (Å²) in [6, 6.07) is 3.05. The number of carbonyl (C=O) groups is 1. The molecule has 1 heterocycles. The molecule has 2 aromatic rings. The van der Waals surface area contributed by atoms with Crippen LogP contribution in [0.15, 0.2) is 22.8 Å². The smallest absolute Gasteiger partial charge is 0.252 e. The molecule has 0 atom stereocenters. The molecule has 1 aromatic heterocycles. The maximum absolute atomic E-state index is 11.0. The Morgan fingerprint density at radius 2 is 2.21 bits per heavy atom. The number of furan rings is 1. The number of anilines is 1. The normalized spacial score (nSPS) is 10.6. The van der Waals surface area contributed by atoms with E-state index in [2.05, 4.69) is 0 Å². The van der Waals surface area contributed by atoms with E-state index in [0.29, 0.717) is 21.7 Å². The van der Waals surface area contributed by atoms with Gasteiger partial charge in [0.05, 0.1) is 22.5 Å². The van der Waals surface area contributed by atoms with E-state index in [9.17, 15) is 4.79 Å². The van der Waals surface area contributed by atoms with Gasteiger partial charge >= 0.3 is 0 Å². The van der Waals surface area contributed by atoms with Crippen LogP contribution >= 0.6 is 11.6 Å². The number of primary amides is 1. The van der Waals surface area contributed by atoms with Crippen molar-refractivity contribution in [3.8, 4) is 0 Å². The maximum Gasteiger partial charge on any atom is 0.252 e. The van der Waals surface area contributed by atoms with Crippen molar-refractivity contribution in [3.05, 3.63) is 29.0 Å². The van der Waals surface area contributed by atoms with Gasteiger partial charge in [0, 0.05) is 5.39 Å². The number of rotatable bonds is 1. The van der Waals surface area contributed by atoms with Gasteiger partial charge in [0.2, 0.25) is 0 Å². The number of halogens is 1. The fourth-order valence-corrected chi connectivity index (χ4v) is 1.52. The van der Waals surface area contributed by atoms with Crippen molar-refractivity contribution >= 4 is 34.2 Å². The topological polar surface area (TPSA) is 82.2 Å². The predicted molar refractivity (Wildman–Crippen MR) is 54.2 cm³/mol. The van der Waals surface area contributed by atoms with Crippen molar-refractivity contribution in [3.63, 3.8) is 0 Å². The van der Waals surface area contributed by atoms with Crippen molar-refractivity contribution in [1.82, 2.24) is 0 Å². The highest BCUT2D eigenvalue weighted by Crippen LogP contribution is 2.32. The van der Waals surface area contributed by atoms with Crippen LogP contribution in [-0.2, 0) is 0 Å². The van der Waals surface area contributed by atoms with Crippen LogP contribution in [0.2, 0.25) is 5.02 Å². The van der Waals surface area contributed by atoms with Crippen molar-refractivity contribution in [2.24, 2.45) is 5.73 Å². The van der Waals surface area contributed by atoms with Gasteiger partial charge in [-0.3, -0.25) is 4.79 Å². The van der Waals surface area contributed by atoms with E-state index < -0.39 is 5.91 Å². The summed E-state index contributed by atoms with van der Waals surface area (Å²) in [5, 5.41) is 0.902.